The molecular weight excluding hydrogens is 327 g/mol. The van der Waals surface area contributed by atoms with Gasteiger partial charge in [-0.05, 0) is 18.4 Å². The van der Waals surface area contributed by atoms with E-state index in [9.17, 15) is 23.1 Å². The Kier molecular flexibility index (Phi) is 5.97. The molecule has 0 bridgehead atoms. The van der Waals surface area contributed by atoms with Gasteiger partial charge < -0.3 is 10.4 Å². The van der Waals surface area contributed by atoms with E-state index < -0.39 is 24.2 Å². The van der Waals surface area contributed by atoms with Gasteiger partial charge in [-0.1, -0.05) is 43.2 Å². The molecule has 2 N–H and O–H groups in total. The Bertz CT molecular complexity index is 518. The molecule has 7 heteroatoms. The number of amides is 1. The molecule has 0 heterocycles. The number of aliphatic hydroxyl groups is 1. The molecule has 23 heavy (non-hydrogen) atoms. The van der Waals surface area contributed by atoms with Crippen molar-refractivity contribution in [3.8, 4) is 0 Å². The highest BCUT2D eigenvalue weighted by atomic mass is 32.2. The van der Waals surface area contributed by atoms with Crippen molar-refractivity contribution in [1.29, 1.82) is 0 Å². The minimum Gasteiger partial charge on any atom is -0.375 e. The van der Waals surface area contributed by atoms with Crippen LogP contribution in [0.3, 0.4) is 0 Å². The highest BCUT2D eigenvalue weighted by Crippen LogP contribution is 2.38. The first-order valence-corrected chi connectivity index (χ1v) is 8.61. The average molecular weight is 347 g/mol. The van der Waals surface area contributed by atoms with Gasteiger partial charge in [-0.15, -0.1) is 11.8 Å². The lowest BCUT2D eigenvalue weighted by atomic mass is 9.93. The summed E-state index contributed by atoms with van der Waals surface area (Å²) in [5.41, 5.74) is -3.36. The first-order chi connectivity index (χ1) is 10.8. The second-order valence-corrected chi connectivity index (χ2v) is 7.01. The van der Waals surface area contributed by atoms with Crippen LogP contribution in [0.15, 0.2) is 30.3 Å². The molecule has 0 spiro atoms. The quantitative estimate of drug-likeness (QED) is 0.831. The predicted molar refractivity (Wildman–Crippen MR) is 84.1 cm³/mol. The SMILES string of the molecule is O=C(CSC1CCCC1)NCC(O)(c1ccccc1)C(F)(F)F. The second kappa shape index (κ2) is 7.57. The number of nitrogens with one attached hydrogen (secondary N) is 1. The van der Waals surface area contributed by atoms with Gasteiger partial charge in [0.15, 0.2) is 0 Å². The van der Waals surface area contributed by atoms with Crippen molar-refractivity contribution in [2.24, 2.45) is 0 Å². The zero-order valence-corrected chi connectivity index (χ0v) is 13.4. The normalized spacial score (nSPS) is 18.6. The summed E-state index contributed by atoms with van der Waals surface area (Å²) in [6, 6.07) is 6.81. The maximum atomic E-state index is 13.3. The van der Waals surface area contributed by atoms with Crippen molar-refractivity contribution < 1.29 is 23.1 Å². The Balaban J connectivity index is 1.94. The van der Waals surface area contributed by atoms with Crippen molar-refractivity contribution in [3.63, 3.8) is 0 Å². The fourth-order valence-corrected chi connectivity index (χ4v) is 3.76. The molecule has 0 aromatic heterocycles. The number of carbonyl (C=O) groups is 1. The summed E-state index contributed by atoms with van der Waals surface area (Å²) >= 11 is 1.47. The molecule has 1 aromatic carbocycles. The van der Waals surface area contributed by atoms with Gasteiger partial charge in [-0.25, -0.2) is 0 Å². The lowest BCUT2D eigenvalue weighted by Gasteiger charge is -2.31. The smallest absolute Gasteiger partial charge is 0.375 e. The van der Waals surface area contributed by atoms with Crippen LogP contribution in [-0.4, -0.2) is 34.7 Å². The number of alkyl halides is 3. The van der Waals surface area contributed by atoms with Gasteiger partial charge in [0.05, 0.1) is 12.3 Å². The highest BCUT2D eigenvalue weighted by molar-refractivity contribution is 8.00. The minimum atomic E-state index is -4.87. The molecule has 1 atom stereocenters. The summed E-state index contributed by atoms with van der Waals surface area (Å²) in [6.45, 7) is -0.884. The van der Waals surface area contributed by atoms with Gasteiger partial charge in [0.25, 0.3) is 0 Å². The Morgan fingerprint density at radius 3 is 2.39 bits per heavy atom. The van der Waals surface area contributed by atoms with Crippen molar-refractivity contribution in [3.05, 3.63) is 35.9 Å². The predicted octanol–water partition coefficient (Wildman–Crippen LogP) is 3.23. The van der Waals surface area contributed by atoms with E-state index in [-0.39, 0.29) is 11.3 Å². The fourth-order valence-electron chi connectivity index (χ4n) is 2.61. The largest absolute Gasteiger partial charge is 0.423 e. The average Bonchev–Trinajstić information content (AvgIpc) is 3.03. The van der Waals surface area contributed by atoms with Gasteiger partial charge in [0.1, 0.15) is 0 Å². The third-order valence-electron chi connectivity index (χ3n) is 4.01. The molecule has 1 amide bonds. The highest BCUT2D eigenvalue weighted by Gasteiger charge is 2.55. The van der Waals surface area contributed by atoms with Gasteiger partial charge in [-0.3, -0.25) is 4.79 Å². The third-order valence-corrected chi connectivity index (χ3v) is 5.39. The van der Waals surface area contributed by atoms with Gasteiger partial charge in [0, 0.05) is 5.25 Å². The molecule has 128 valence electrons. The molecule has 1 aliphatic rings. The first kappa shape index (κ1) is 18.1. The zero-order valence-electron chi connectivity index (χ0n) is 12.6. The molecule has 1 aromatic rings. The number of carbonyl (C=O) groups excluding carboxylic acids is 1. The van der Waals surface area contributed by atoms with Gasteiger partial charge in [-0.2, -0.15) is 13.2 Å². The standard InChI is InChI=1S/C16H20F3NO2S/c17-16(18,19)15(22,12-6-2-1-3-7-12)11-20-14(21)10-23-13-8-4-5-9-13/h1-3,6-7,13,22H,4-5,8-11H2,(H,20,21). The van der Waals surface area contributed by atoms with Crippen LogP contribution in [0.4, 0.5) is 13.2 Å². The second-order valence-electron chi connectivity index (χ2n) is 5.72. The molecule has 1 unspecified atom stereocenters. The molecule has 1 fully saturated rings. The molecule has 1 aliphatic carbocycles. The van der Waals surface area contributed by atoms with E-state index in [0.717, 1.165) is 25.7 Å². The van der Waals surface area contributed by atoms with Crippen LogP contribution in [0.25, 0.3) is 0 Å². The van der Waals surface area contributed by atoms with Gasteiger partial charge in [0.2, 0.25) is 11.5 Å². The lowest BCUT2D eigenvalue weighted by molar-refractivity contribution is -0.264. The van der Waals surface area contributed by atoms with Crippen molar-refractivity contribution in [2.75, 3.05) is 12.3 Å². The summed E-state index contributed by atoms with van der Waals surface area (Å²) in [5.74, 6) is -0.367. The van der Waals surface area contributed by atoms with Crippen molar-refractivity contribution in [2.45, 2.75) is 42.7 Å². The van der Waals surface area contributed by atoms with Gasteiger partial charge >= 0.3 is 6.18 Å². The number of rotatable bonds is 6. The summed E-state index contributed by atoms with van der Waals surface area (Å²) in [7, 11) is 0. The third kappa shape index (κ3) is 4.64. The van der Waals surface area contributed by atoms with Crippen LogP contribution >= 0.6 is 11.8 Å². The molecule has 1 saturated carbocycles. The van der Waals surface area contributed by atoms with E-state index in [1.807, 2.05) is 0 Å². The molecule has 0 radical (unpaired) electrons. The van der Waals surface area contributed by atoms with Crippen molar-refractivity contribution >= 4 is 17.7 Å². The zero-order chi connectivity index (χ0) is 16.9. The Morgan fingerprint density at radius 2 is 1.83 bits per heavy atom. The van der Waals surface area contributed by atoms with Crippen LogP contribution in [0.1, 0.15) is 31.2 Å². The fraction of sp³-hybridized carbons (Fsp3) is 0.562. The van der Waals surface area contributed by atoms with E-state index >= 15 is 0 Å². The summed E-state index contributed by atoms with van der Waals surface area (Å²) in [4.78, 5) is 11.8. The maximum Gasteiger partial charge on any atom is 0.423 e. The van der Waals surface area contributed by atoms with E-state index in [0.29, 0.717) is 5.25 Å². The van der Waals surface area contributed by atoms with Crippen LogP contribution in [0.5, 0.6) is 0 Å². The number of thioether (sulfide) groups is 1. The summed E-state index contributed by atoms with van der Waals surface area (Å²) in [5, 5.41) is 12.7. The summed E-state index contributed by atoms with van der Waals surface area (Å²) < 4.78 is 39.8. The van der Waals surface area contributed by atoms with E-state index in [1.54, 1.807) is 6.07 Å². The number of hydrogen-bond donors (Lipinski definition) is 2. The number of benzene rings is 1. The van der Waals surface area contributed by atoms with Crippen LogP contribution < -0.4 is 5.32 Å². The molecule has 3 nitrogen and oxygen atoms in total. The molecular formula is C16H20F3NO2S. The van der Waals surface area contributed by atoms with E-state index in [1.165, 1.54) is 36.0 Å². The topological polar surface area (TPSA) is 49.3 Å². The molecule has 2 rings (SSSR count). The summed E-state index contributed by atoms with van der Waals surface area (Å²) in [6.07, 6.45) is -0.495. The molecule has 0 saturated heterocycles. The Morgan fingerprint density at radius 1 is 1.22 bits per heavy atom. The van der Waals surface area contributed by atoms with Crippen LogP contribution in [0, 0.1) is 0 Å². The minimum absolute atomic E-state index is 0.118. The number of hydrogen-bond acceptors (Lipinski definition) is 3. The first-order valence-electron chi connectivity index (χ1n) is 7.56. The van der Waals surface area contributed by atoms with E-state index in [4.69, 9.17) is 0 Å². The Labute approximate surface area is 137 Å². The van der Waals surface area contributed by atoms with E-state index in [2.05, 4.69) is 5.32 Å². The van der Waals surface area contributed by atoms with Crippen LogP contribution in [0.2, 0.25) is 0 Å². The Hall–Kier alpha value is -1.21. The molecule has 0 aliphatic heterocycles. The van der Waals surface area contributed by atoms with Crippen LogP contribution in [-0.2, 0) is 10.4 Å². The lowest BCUT2D eigenvalue weighted by Crippen LogP contribution is -2.51. The maximum absolute atomic E-state index is 13.3. The van der Waals surface area contributed by atoms with Crippen molar-refractivity contribution in [1.82, 2.24) is 5.32 Å². The monoisotopic (exact) mass is 347 g/mol. The number of halogens is 3.